The summed E-state index contributed by atoms with van der Waals surface area (Å²) in [7, 11) is 0. The van der Waals surface area contributed by atoms with Crippen LogP contribution in [-0.2, 0) is 12.8 Å². The number of aryl methyl sites for hydroxylation is 3. The summed E-state index contributed by atoms with van der Waals surface area (Å²) in [5.74, 6) is -1.83. The Bertz CT molecular complexity index is 799. The zero-order valence-corrected chi connectivity index (χ0v) is 22.5. The fourth-order valence-electron chi connectivity index (χ4n) is 3.47. The molecular weight excluding hydrogens is 412 g/mol. The van der Waals surface area contributed by atoms with Crippen LogP contribution in [0.2, 0.25) is 0 Å². The van der Waals surface area contributed by atoms with Crippen LogP contribution in [-0.4, -0.2) is 12.0 Å². The second kappa shape index (κ2) is 15.6. The van der Waals surface area contributed by atoms with Gasteiger partial charge in [-0.1, -0.05) is 104 Å². The number of hydrogen-bond acceptors (Lipinski definition) is 1. The van der Waals surface area contributed by atoms with Crippen LogP contribution in [0.25, 0.3) is 5.70 Å². The number of benzene rings is 2. The van der Waals surface area contributed by atoms with E-state index >= 15 is 0 Å². The molecule has 3 rings (SSSR count). The predicted molar refractivity (Wildman–Crippen MR) is 143 cm³/mol. The van der Waals surface area contributed by atoms with Crippen LogP contribution >= 0.6 is 0 Å². The van der Waals surface area contributed by atoms with E-state index in [0.29, 0.717) is 5.92 Å². The van der Waals surface area contributed by atoms with E-state index in [9.17, 15) is 8.78 Å². The SMILES string of the molecule is C=C(NC1CC(F)(F)C1)c1ccc(CC)cc1.CC.CC.CCc1cc(C(C)C)ccc1C. The summed E-state index contributed by atoms with van der Waals surface area (Å²) in [4.78, 5) is 0. The average molecular weight is 460 g/mol. The third kappa shape index (κ3) is 10.5. The van der Waals surface area contributed by atoms with Crippen LogP contribution in [0.1, 0.15) is 102 Å². The lowest BCUT2D eigenvalue weighted by atomic mass is 9.88. The summed E-state index contributed by atoms with van der Waals surface area (Å²) in [6.07, 6.45) is 1.97. The van der Waals surface area contributed by atoms with E-state index in [0.717, 1.165) is 24.1 Å². The molecule has 0 saturated heterocycles. The first-order chi connectivity index (χ1) is 15.6. The van der Waals surface area contributed by atoms with Crippen molar-refractivity contribution in [2.24, 2.45) is 0 Å². The summed E-state index contributed by atoms with van der Waals surface area (Å²) < 4.78 is 25.3. The van der Waals surface area contributed by atoms with E-state index in [-0.39, 0.29) is 18.9 Å². The third-order valence-electron chi connectivity index (χ3n) is 5.60. The maximum Gasteiger partial charge on any atom is 0.252 e. The Morgan fingerprint density at radius 1 is 0.970 bits per heavy atom. The molecule has 1 saturated carbocycles. The second-order valence-corrected chi connectivity index (χ2v) is 8.33. The lowest BCUT2D eigenvalue weighted by molar-refractivity contribution is -0.0891. The zero-order valence-electron chi connectivity index (χ0n) is 22.5. The highest BCUT2D eigenvalue weighted by Gasteiger charge is 2.45. The number of alkyl halides is 2. The summed E-state index contributed by atoms with van der Waals surface area (Å²) in [5, 5.41) is 3.05. The van der Waals surface area contributed by atoms with E-state index in [1.54, 1.807) is 0 Å². The molecule has 0 heterocycles. The van der Waals surface area contributed by atoms with Crippen molar-refractivity contribution in [1.29, 1.82) is 0 Å². The van der Waals surface area contributed by atoms with Gasteiger partial charge in [-0.15, -0.1) is 0 Å². The number of rotatable bonds is 6. The topological polar surface area (TPSA) is 12.0 Å². The summed E-state index contributed by atoms with van der Waals surface area (Å²) in [6, 6.07) is 14.7. The van der Waals surface area contributed by atoms with Gasteiger partial charge in [0.2, 0.25) is 0 Å². The minimum atomic E-state index is -2.48. The molecule has 186 valence electrons. The van der Waals surface area contributed by atoms with Crippen molar-refractivity contribution < 1.29 is 8.78 Å². The highest BCUT2D eigenvalue weighted by Crippen LogP contribution is 2.38. The molecule has 2 aromatic rings. The molecule has 0 aromatic heterocycles. The van der Waals surface area contributed by atoms with E-state index in [1.165, 1.54) is 22.3 Å². The smallest absolute Gasteiger partial charge is 0.252 e. The van der Waals surface area contributed by atoms with Gasteiger partial charge in [0.15, 0.2) is 0 Å². The molecule has 0 spiro atoms. The summed E-state index contributed by atoms with van der Waals surface area (Å²) in [5.41, 5.74) is 7.32. The van der Waals surface area contributed by atoms with Crippen LogP contribution in [0.3, 0.4) is 0 Å². The van der Waals surface area contributed by atoms with Gasteiger partial charge in [-0.05, 0) is 53.5 Å². The molecule has 1 aliphatic rings. The van der Waals surface area contributed by atoms with Crippen LogP contribution in [0.4, 0.5) is 8.78 Å². The number of hydrogen-bond donors (Lipinski definition) is 1. The average Bonchev–Trinajstić information content (AvgIpc) is 2.81. The van der Waals surface area contributed by atoms with Crippen molar-refractivity contribution in [2.75, 3.05) is 0 Å². The molecule has 33 heavy (non-hydrogen) atoms. The number of nitrogens with one attached hydrogen (secondary N) is 1. The lowest BCUT2D eigenvalue weighted by Gasteiger charge is -2.36. The van der Waals surface area contributed by atoms with Crippen molar-refractivity contribution in [3.05, 3.63) is 76.9 Å². The summed E-state index contributed by atoms with van der Waals surface area (Å²) in [6.45, 7) is 22.9. The predicted octanol–water partition coefficient (Wildman–Crippen LogP) is 9.34. The quantitative estimate of drug-likeness (QED) is 0.454. The van der Waals surface area contributed by atoms with Crippen molar-refractivity contribution in [3.63, 3.8) is 0 Å². The Labute approximate surface area is 202 Å². The Morgan fingerprint density at radius 3 is 1.94 bits per heavy atom. The monoisotopic (exact) mass is 459 g/mol. The Morgan fingerprint density at radius 2 is 1.52 bits per heavy atom. The fourth-order valence-corrected chi connectivity index (χ4v) is 3.47. The minimum absolute atomic E-state index is 0.0843. The van der Waals surface area contributed by atoms with Gasteiger partial charge in [0, 0.05) is 24.6 Å². The molecule has 1 nitrogen and oxygen atoms in total. The molecule has 0 amide bonds. The molecule has 1 aliphatic carbocycles. The molecule has 1 N–H and O–H groups in total. The van der Waals surface area contributed by atoms with Crippen LogP contribution < -0.4 is 5.32 Å². The van der Waals surface area contributed by atoms with Gasteiger partial charge in [0.1, 0.15) is 0 Å². The van der Waals surface area contributed by atoms with Gasteiger partial charge in [0.05, 0.1) is 0 Å². The van der Waals surface area contributed by atoms with Crippen molar-refractivity contribution in [1.82, 2.24) is 5.32 Å². The van der Waals surface area contributed by atoms with Gasteiger partial charge in [-0.25, -0.2) is 8.78 Å². The van der Waals surface area contributed by atoms with E-state index in [2.05, 4.69) is 64.7 Å². The highest BCUT2D eigenvalue weighted by molar-refractivity contribution is 5.62. The lowest BCUT2D eigenvalue weighted by Crippen LogP contribution is -2.47. The van der Waals surface area contributed by atoms with E-state index in [1.807, 2.05) is 52.0 Å². The van der Waals surface area contributed by atoms with Crippen LogP contribution in [0.5, 0.6) is 0 Å². The fraction of sp³-hybridized carbons (Fsp3) is 0.533. The van der Waals surface area contributed by atoms with Gasteiger partial charge in [-0.3, -0.25) is 0 Å². The van der Waals surface area contributed by atoms with Crippen molar-refractivity contribution in [2.45, 2.75) is 106 Å². The Balaban J connectivity index is 0.000000564. The van der Waals surface area contributed by atoms with Gasteiger partial charge in [0.25, 0.3) is 5.92 Å². The van der Waals surface area contributed by atoms with E-state index in [4.69, 9.17) is 0 Å². The molecule has 1 fully saturated rings. The first-order valence-corrected chi connectivity index (χ1v) is 12.7. The summed E-state index contributed by atoms with van der Waals surface area (Å²) >= 11 is 0. The molecule has 0 aliphatic heterocycles. The third-order valence-corrected chi connectivity index (χ3v) is 5.60. The molecule has 3 heteroatoms. The molecule has 0 bridgehead atoms. The molecule has 0 radical (unpaired) electrons. The van der Waals surface area contributed by atoms with Gasteiger partial charge < -0.3 is 5.32 Å². The van der Waals surface area contributed by atoms with Crippen molar-refractivity contribution >= 4 is 5.70 Å². The highest BCUT2D eigenvalue weighted by atomic mass is 19.3. The minimum Gasteiger partial charge on any atom is -0.382 e. The Hall–Kier alpha value is -2.16. The van der Waals surface area contributed by atoms with Crippen molar-refractivity contribution in [3.8, 4) is 0 Å². The van der Waals surface area contributed by atoms with Crippen LogP contribution in [0, 0.1) is 6.92 Å². The second-order valence-electron chi connectivity index (χ2n) is 8.33. The maximum absolute atomic E-state index is 12.7. The molecule has 0 unspecified atom stereocenters. The zero-order chi connectivity index (χ0) is 25.6. The normalized spacial score (nSPS) is 13.8. The number of halogens is 2. The first-order valence-electron chi connectivity index (χ1n) is 12.7. The maximum atomic E-state index is 12.7. The van der Waals surface area contributed by atoms with Crippen LogP contribution in [0.15, 0.2) is 49.0 Å². The molecular formula is C30H47F2N. The van der Waals surface area contributed by atoms with Gasteiger partial charge >= 0.3 is 0 Å². The molecule has 0 atom stereocenters. The molecule has 2 aromatic carbocycles. The Kier molecular flexibility index (Phi) is 14.6. The van der Waals surface area contributed by atoms with Gasteiger partial charge in [-0.2, -0.15) is 0 Å². The largest absolute Gasteiger partial charge is 0.382 e. The van der Waals surface area contributed by atoms with E-state index < -0.39 is 5.92 Å². The standard InChI is InChI=1S/C14H17F2N.C12H18.2C2H6/c1-3-11-4-6-12(7-5-11)10(2)17-13-8-14(15,16)9-13;1-5-11-8-12(9(2)3)7-6-10(11)4;2*1-2/h4-7,13,17H,2-3,8-9H2,1H3;6-9H,5H2,1-4H3;2*1-2H3. The first kappa shape index (κ1) is 30.8.